The Morgan fingerprint density at radius 2 is 2.33 bits per heavy atom. The number of primary amides is 1. The number of amides is 1. The zero-order valence-electron chi connectivity index (χ0n) is 8.19. The molecule has 0 spiro atoms. The molecule has 0 saturated heterocycles. The maximum Gasteiger partial charge on any atom is 0.284 e. The normalized spacial score (nSPS) is 10.2. The van der Waals surface area contributed by atoms with Crippen molar-refractivity contribution in [2.45, 2.75) is 6.92 Å². The number of hydrogen-bond donors (Lipinski definition) is 2. The fraction of sp³-hybridized carbons (Fsp3) is 0.100. The van der Waals surface area contributed by atoms with Crippen molar-refractivity contribution in [3.05, 3.63) is 36.0 Å². The molecule has 5 heteroatoms. The van der Waals surface area contributed by atoms with E-state index in [9.17, 15) is 4.79 Å². The Hall–Kier alpha value is -2.17. The van der Waals surface area contributed by atoms with Crippen molar-refractivity contribution >= 4 is 5.91 Å². The van der Waals surface area contributed by atoms with Gasteiger partial charge in [0, 0.05) is 23.7 Å². The van der Waals surface area contributed by atoms with Gasteiger partial charge in [-0.3, -0.25) is 9.78 Å². The van der Waals surface area contributed by atoms with Crippen LogP contribution in [0.15, 0.2) is 24.5 Å². The van der Waals surface area contributed by atoms with E-state index < -0.39 is 5.91 Å². The number of aromatic nitrogens is 3. The van der Waals surface area contributed by atoms with Gasteiger partial charge in [-0.1, -0.05) is 0 Å². The van der Waals surface area contributed by atoms with Crippen LogP contribution in [0.5, 0.6) is 0 Å². The minimum atomic E-state index is -0.562. The van der Waals surface area contributed by atoms with Gasteiger partial charge in [0.25, 0.3) is 5.91 Å². The topological polar surface area (TPSA) is 84.7 Å². The molecule has 3 N–H and O–H groups in total. The molecule has 15 heavy (non-hydrogen) atoms. The van der Waals surface area contributed by atoms with Crippen LogP contribution in [0, 0.1) is 6.92 Å². The van der Waals surface area contributed by atoms with E-state index in [2.05, 4.69) is 15.0 Å². The van der Waals surface area contributed by atoms with Crippen molar-refractivity contribution in [2.75, 3.05) is 0 Å². The van der Waals surface area contributed by atoms with Crippen LogP contribution >= 0.6 is 0 Å². The van der Waals surface area contributed by atoms with Crippen LogP contribution in [0.2, 0.25) is 0 Å². The molecule has 2 aromatic heterocycles. The molecule has 2 rings (SSSR count). The second kappa shape index (κ2) is 3.53. The van der Waals surface area contributed by atoms with Crippen molar-refractivity contribution < 1.29 is 4.79 Å². The molecule has 0 aliphatic heterocycles. The first kappa shape index (κ1) is 9.39. The number of nitrogens with zero attached hydrogens (tertiary/aromatic N) is 2. The van der Waals surface area contributed by atoms with E-state index in [1.807, 2.05) is 19.1 Å². The number of rotatable bonds is 2. The van der Waals surface area contributed by atoms with E-state index in [-0.39, 0.29) is 5.82 Å². The van der Waals surface area contributed by atoms with Gasteiger partial charge in [-0.15, -0.1) is 0 Å². The van der Waals surface area contributed by atoms with Gasteiger partial charge in [0.2, 0.25) is 0 Å². The number of carbonyl (C=O) groups is 1. The SMILES string of the molecule is Cc1[nH]c(C(N)=O)nc1-c1cccnc1. The summed E-state index contributed by atoms with van der Waals surface area (Å²) in [6.07, 6.45) is 3.37. The molecule has 0 saturated carbocycles. The number of imidazole rings is 1. The van der Waals surface area contributed by atoms with Gasteiger partial charge in [0.05, 0.1) is 5.69 Å². The molecular weight excluding hydrogens is 192 g/mol. The van der Waals surface area contributed by atoms with Crippen molar-refractivity contribution in [3.8, 4) is 11.3 Å². The van der Waals surface area contributed by atoms with Crippen LogP contribution in [0.25, 0.3) is 11.3 Å². The standard InChI is InChI=1S/C10H10N4O/c1-6-8(7-3-2-4-12-5-7)14-10(13-6)9(11)15/h2-5H,1H3,(H2,11,15)(H,13,14). The molecule has 0 atom stereocenters. The molecule has 76 valence electrons. The number of H-pyrrole nitrogens is 1. The molecule has 0 bridgehead atoms. The number of aromatic amines is 1. The van der Waals surface area contributed by atoms with E-state index in [1.54, 1.807) is 12.4 Å². The lowest BCUT2D eigenvalue weighted by Crippen LogP contribution is -2.12. The molecule has 0 unspecified atom stereocenters. The van der Waals surface area contributed by atoms with Crippen LogP contribution in [-0.2, 0) is 0 Å². The van der Waals surface area contributed by atoms with Gasteiger partial charge in [-0.05, 0) is 19.1 Å². The lowest BCUT2D eigenvalue weighted by atomic mass is 10.2. The molecular formula is C10H10N4O. The molecule has 0 fully saturated rings. The Balaban J connectivity index is 2.50. The maximum absolute atomic E-state index is 10.9. The summed E-state index contributed by atoms with van der Waals surface area (Å²) < 4.78 is 0. The lowest BCUT2D eigenvalue weighted by molar-refractivity contribution is 0.0991. The average molecular weight is 202 g/mol. The highest BCUT2D eigenvalue weighted by Crippen LogP contribution is 2.19. The van der Waals surface area contributed by atoms with Crippen molar-refractivity contribution in [1.82, 2.24) is 15.0 Å². The van der Waals surface area contributed by atoms with E-state index >= 15 is 0 Å². The first-order valence-electron chi connectivity index (χ1n) is 4.45. The third-order valence-corrected chi connectivity index (χ3v) is 2.05. The Kier molecular flexibility index (Phi) is 2.21. The molecule has 2 heterocycles. The number of nitrogens with one attached hydrogen (secondary N) is 1. The van der Waals surface area contributed by atoms with Gasteiger partial charge in [0.1, 0.15) is 0 Å². The second-order valence-corrected chi connectivity index (χ2v) is 3.16. The van der Waals surface area contributed by atoms with E-state index in [1.165, 1.54) is 0 Å². The van der Waals surface area contributed by atoms with Crippen LogP contribution in [0.4, 0.5) is 0 Å². The van der Waals surface area contributed by atoms with Gasteiger partial charge < -0.3 is 10.7 Å². The highest BCUT2D eigenvalue weighted by molar-refractivity contribution is 5.90. The summed E-state index contributed by atoms with van der Waals surface area (Å²) in [5, 5.41) is 0. The number of hydrogen-bond acceptors (Lipinski definition) is 3. The Morgan fingerprint density at radius 3 is 2.87 bits per heavy atom. The predicted octanol–water partition coefficient (Wildman–Crippen LogP) is 0.879. The summed E-state index contributed by atoms with van der Waals surface area (Å²) >= 11 is 0. The minimum Gasteiger partial charge on any atom is -0.363 e. The molecule has 1 amide bonds. The molecule has 0 aromatic carbocycles. The summed E-state index contributed by atoms with van der Waals surface area (Å²) in [6, 6.07) is 3.69. The van der Waals surface area contributed by atoms with Gasteiger partial charge >= 0.3 is 0 Å². The molecule has 0 aliphatic rings. The zero-order chi connectivity index (χ0) is 10.8. The Labute approximate surface area is 86.4 Å². The third kappa shape index (κ3) is 1.71. The predicted molar refractivity (Wildman–Crippen MR) is 55.1 cm³/mol. The Bertz CT molecular complexity index is 489. The quantitative estimate of drug-likeness (QED) is 0.758. The fourth-order valence-electron chi connectivity index (χ4n) is 1.36. The largest absolute Gasteiger partial charge is 0.363 e. The second-order valence-electron chi connectivity index (χ2n) is 3.16. The first-order valence-corrected chi connectivity index (χ1v) is 4.45. The van der Waals surface area contributed by atoms with Crippen LogP contribution in [0.3, 0.4) is 0 Å². The smallest absolute Gasteiger partial charge is 0.284 e. The molecule has 0 aliphatic carbocycles. The molecule has 0 radical (unpaired) electrons. The highest BCUT2D eigenvalue weighted by Gasteiger charge is 2.11. The maximum atomic E-state index is 10.9. The monoisotopic (exact) mass is 202 g/mol. The van der Waals surface area contributed by atoms with Crippen LogP contribution in [0.1, 0.15) is 16.3 Å². The average Bonchev–Trinajstić information content (AvgIpc) is 2.62. The van der Waals surface area contributed by atoms with E-state index in [0.29, 0.717) is 5.69 Å². The van der Waals surface area contributed by atoms with Gasteiger partial charge in [-0.25, -0.2) is 4.98 Å². The Morgan fingerprint density at radius 1 is 1.53 bits per heavy atom. The van der Waals surface area contributed by atoms with Crippen molar-refractivity contribution in [2.24, 2.45) is 5.73 Å². The van der Waals surface area contributed by atoms with Crippen LogP contribution in [-0.4, -0.2) is 20.9 Å². The number of pyridine rings is 1. The van der Waals surface area contributed by atoms with E-state index in [4.69, 9.17) is 5.73 Å². The first-order chi connectivity index (χ1) is 7.18. The van der Waals surface area contributed by atoms with Crippen LogP contribution < -0.4 is 5.73 Å². The summed E-state index contributed by atoms with van der Waals surface area (Å²) in [5.41, 5.74) is 7.49. The summed E-state index contributed by atoms with van der Waals surface area (Å²) in [6.45, 7) is 1.84. The number of nitrogens with two attached hydrogens (primary N) is 1. The zero-order valence-corrected chi connectivity index (χ0v) is 8.19. The lowest BCUT2D eigenvalue weighted by Gasteiger charge is -1.95. The summed E-state index contributed by atoms with van der Waals surface area (Å²) in [4.78, 5) is 21.8. The molecule has 2 aromatic rings. The number of carbonyl (C=O) groups excluding carboxylic acids is 1. The van der Waals surface area contributed by atoms with Gasteiger partial charge in [0.15, 0.2) is 5.82 Å². The van der Waals surface area contributed by atoms with Crippen molar-refractivity contribution in [1.29, 1.82) is 0 Å². The minimum absolute atomic E-state index is 0.173. The van der Waals surface area contributed by atoms with Crippen molar-refractivity contribution in [3.63, 3.8) is 0 Å². The summed E-state index contributed by atoms with van der Waals surface area (Å²) in [7, 11) is 0. The molecule has 5 nitrogen and oxygen atoms in total. The third-order valence-electron chi connectivity index (χ3n) is 2.05. The fourth-order valence-corrected chi connectivity index (χ4v) is 1.36. The highest BCUT2D eigenvalue weighted by atomic mass is 16.1. The van der Waals surface area contributed by atoms with E-state index in [0.717, 1.165) is 11.3 Å². The number of aryl methyl sites for hydroxylation is 1. The summed E-state index contributed by atoms with van der Waals surface area (Å²) in [5.74, 6) is -0.389. The van der Waals surface area contributed by atoms with Gasteiger partial charge in [-0.2, -0.15) is 0 Å².